The number of nitrogens with zero attached hydrogens (tertiary/aromatic N) is 2. The molecule has 0 spiro atoms. The van der Waals surface area contributed by atoms with Crippen molar-refractivity contribution in [3.63, 3.8) is 0 Å². The van der Waals surface area contributed by atoms with Crippen LogP contribution in [0.3, 0.4) is 0 Å². The van der Waals surface area contributed by atoms with E-state index in [0.29, 0.717) is 18.8 Å². The zero-order chi connectivity index (χ0) is 21.1. The Balaban J connectivity index is 1.59. The molecule has 7 nitrogen and oxygen atoms in total. The average Bonchev–Trinajstić information content (AvgIpc) is 3.25. The summed E-state index contributed by atoms with van der Waals surface area (Å²) in [5.41, 5.74) is 2.18. The molecule has 1 aliphatic carbocycles. The van der Waals surface area contributed by atoms with Crippen molar-refractivity contribution in [1.82, 2.24) is 15.1 Å². The first kappa shape index (κ1) is 21.0. The van der Waals surface area contributed by atoms with Gasteiger partial charge in [-0.15, -0.1) is 0 Å². The lowest BCUT2D eigenvalue weighted by Crippen LogP contribution is -2.43. The van der Waals surface area contributed by atoms with Crippen LogP contribution >= 0.6 is 0 Å². The van der Waals surface area contributed by atoms with Gasteiger partial charge in [0.15, 0.2) is 0 Å². The summed E-state index contributed by atoms with van der Waals surface area (Å²) in [6, 6.07) is 6.86. The Morgan fingerprint density at radius 1 is 1.03 bits per heavy atom. The molecule has 0 bridgehead atoms. The van der Waals surface area contributed by atoms with Gasteiger partial charge in [0.1, 0.15) is 6.54 Å². The molecule has 1 saturated heterocycles. The minimum Gasteiger partial charge on any atom is -0.348 e. The summed E-state index contributed by atoms with van der Waals surface area (Å²) in [5.74, 6) is -1.63. The summed E-state index contributed by atoms with van der Waals surface area (Å²) in [4.78, 5) is 51.3. The fourth-order valence-corrected chi connectivity index (χ4v) is 4.07. The van der Waals surface area contributed by atoms with E-state index in [2.05, 4.69) is 19.2 Å². The first-order chi connectivity index (χ1) is 13.8. The first-order valence-corrected chi connectivity index (χ1v) is 10.3. The number of hydrogen-bond acceptors (Lipinski definition) is 4. The van der Waals surface area contributed by atoms with Crippen LogP contribution in [0.25, 0.3) is 0 Å². The largest absolute Gasteiger partial charge is 0.348 e. The molecule has 29 heavy (non-hydrogen) atoms. The summed E-state index contributed by atoms with van der Waals surface area (Å²) in [6.45, 7) is 5.73. The van der Waals surface area contributed by atoms with Crippen molar-refractivity contribution in [3.05, 3.63) is 35.4 Å². The zero-order valence-corrected chi connectivity index (χ0v) is 17.3. The van der Waals surface area contributed by atoms with Crippen molar-refractivity contribution in [2.24, 2.45) is 5.92 Å². The van der Waals surface area contributed by atoms with E-state index in [-0.39, 0.29) is 12.1 Å². The smallest absolute Gasteiger partial charge is 0.334 e. The Bertz CT molecular complexity index is 797. The lowest BCUT2D eigenvalue weighted by molar-refractivity contribution is -0.144. The zero-order valence-electron chi connectivity index (χ0n) is 17.3. The number of carbonyl (C=O) groups is 4. The summed E-state index contributed by atoms with van der Waals surface area (Å²) < 4.78 is 0. The van der Waals surface area contributed by atoms with Crippen molar-refractivity contribution in [1.29, 1.82) is 0 Å². The van der Waals surface area contributed by atoms with Crippen LogP contribution in [-0.4, -0.2) is 46.1 Å². The fraction of sp³-hybridized carbons (Fsp3) is 0.545. The lowest BCUT2D eigenvalue weighted by Gasteiger charge is -2.21. The van der Waals surface area contributed by atoms with Gasteiger partial charge in [-0.05, 0) is 43.2 Å². The number of carbonyl (C=O) groups excluding carboxylic acids is 4. The molecule has 0 aromatic heterocycles. The minimum absolute atomic E-state index is 0.227. The third kappa shape index (κ3) is 4.66. The quantitative estimate of drug-likeness (QED) is 0.564. The van der Waals surface area contributed by atoms with Crippen molar-refractivity contribution in [3.8, 4) is 0 Å². The van der Waals surface area contributed by atoms with Crippen LogP contribution in [0.2, 0.25) is 0 Å². The van der Waals surface area contributed by atoms with Gasteiger partial charge in [-0.25, -0.2) is 9.69 Å². The van der Waals surface area contributed by atoms with Crippen molar-refractivity contribution in [2.45, 2.75) is 65.0 Å². The predicted octanol–water partition coefficient (Wildman–Crippen LogP) is 2.80. The molecule has 0 unspecified atom stereocenters. The summed E-state index contributed by atoms with van der Waals surface area (Å²) >= 11 is 0. The number of nitrogens with one attached hydrogen (secondary N) is 1. The van der Waals surface area contributed by atoms with E-state index in [4.69, 9.17) is 0 Å². The number of urea groups is 1. The van der Waals surface area contributed by atoms with E-state index < -0.39 is 30.3 Å². The van der Waals surface area contributed by atoms with Gasteiger partial charge in [0.25, 0.3) is 0 Å². The third-order valence-corrected chi connectivity index (χ3v) is 5.58. The van der Waals surface area contributed by atoms with Gasteiger partial charge in [0.05, 0.1) is 6.04 Å². The molecule has 1 aromatic carbocycles. The van der Waals surface area contributed by atoms with E-state index in [0.717, 1.165) is 34.6 Å². The molecule has 2 aliphatic rings. The number of benzene rings is 1. The summed E-state index contributed by atoms with van der Waals surface area (Å²) in [7, 11) is 0. The molecule has 1 aromatic rings. The molecule has 1 saturated carbocycles. The van der Waals surface area contributed by atoms with Crippen LogP contribution in [0.15, 0.2) is 24.3 Å². The second-order valence-electron chi connectivity index (χ2n) is 8.42. The van der Waals surface area contributed by atoms with Crippen molar-refractivity contribution in [2.75, 3.05) is 6.54 Å². The highest BCUT2D eigenvalue weighted by Gasteiger charge is 2.48. The maximum Gasteiger partial charge on any atom is 0.334 e. The Morgan fingerprint density at radius 2 is 1.66 bits per heavy atom. The van der Waals surface area contributed by atoms with Crippen LogP contribution in [0.1, 0.15) is 63.6 Å². The Hall–Kier alpha value is -2.70. The second-order valence-corrected chi connectivity index (χ2v) is 8.42. The minimum atomic E-state index is -0.914. The summed E-state index contributed by atoms with van der Waals surface area (Å²) in [5, 5.41) is 2.81. The maximum absolute atomic E-state index is 12.6. The molecule has 1 heterocycles. The van der Waals surface area contributed by atoms with E-state index in [1.54, 1.807) is 0 Å². The van der Waals surface area contributed by atoms with Crippen LogP contribution < -0.4 is 5.32 Å². The monoisotopic (exact) mass is 399 g/mol. The van der Waals surface area contributed by atoms with E-state index in [1.807, 2.05) is 31.2 Å². The molecule has 1 N–H and O–H groups in total. The van der Waals surface area contributed by atoms with Crippen LogP contribution in [0.5, 0.6) is 0 Å². The van der Waals surface area contributed by atoms with Crippen molar-refractivity contribution >= 4 is 23.8 Å². The molecular weight excluding hydrogens is 370 g/mol. The summed E-state index contributed by atoms with van der Waals surface area (Å²) in [6.07, 6.45) is 4.29. The van der Waals surface area contributed by atoms with Gasteiger partial charge in [-0.3, -0.25) is 19.3 Å². The van der Waals surface area contributed by atoms with Gasteiger partial charge in [0, 0.05) is 6.04 Å². The highest BCUT2D eigenvalue weighted by Crippen LogP contribution is 2.27. The number of hydrogen-bond donors (Lipinski definition) is 1. The molecule has 1 atom stereocenters. The second kappa shape index (κ2) is 8.76. The topological polar surface area (TPSA) is 86.8 Å². The van der Waals surface area contributed by atoms with Gasteiger partial charge in [-0.2, -0.15) is 0 Å². The normalized spacial score (nSPS) is 18.8. The standard InChI is InChI=1S/C22H29N3O4/c1-14(2)12-16-8-10-17(11-9-16)15(3)23-19(26)13-24-20(27)21(28)25(22(24)29)18-6-4-5-7-18/h8-11,14-15,18H,4-7,12-13H2,1-3H3,(H,23,26)/t15-/m1/s1. The first-order valence-electron chi connectivity index (χ1n) is 10.3. The molecule has 1 aliphatic heterocycles. The van der Waals surface area contributed by atoms with Gasteiger partial charge in [0.2, 0.25) is 5.91 Å². The third-order valence-electron chi connectivity index (χ3n) is 5.58. The highest BCUT2D eigenvalue weighted by atomic mass is 16.2. The average molecular weight is 399 g/mol. The lowest BCUT2D eigenvalue weighted by atomic mass is 10.00. The van der Waals surface area contributed by atoms with E-state index in [1.165, 1.54) is 5.56 Å². The SMILES string of the molecule is CC(C)Cc1ccc([C@@H](C)NC(=O)CN2C(=O)C(=O)N(C3CCCC3)C2=O)cc1. The Labute approximate surface area is 171 Å². The Kier molecular flexibility index (Phi) is 6.35. The van der Waals surface area contributed by atoms with Crippen LogP contribution in [0.4, 0.5) is 4.79 Å². The molecule has 5 amide bonds. The Morgan fingerprint density at radius 3 is 2.24 bits per heavy atom. The molecule has 2 fully saturated rings. The fourth-order valence-electron chi connectivity index (χ4n) is 4.07. The van der Waals surface area contributed by atoms with Crippen LogP contribution in [-0.2, 0) is 20.8 Å². The molecule has 3 rings (SSSR count). The number of amides is 5. The van der Waals surface area contributed by atoms with Gasteiger partial charge in [-0.1, -0.05) is 51.0 Å². The molecule has 0 radical (unpaired) electrons. The molecule has 7 heteroatoms. The highest BCUT2D eigenvalue weighted by molar-refractivity contribution is 6.45. The van der Waals surface area contributed by atoms with E-state index in [9.17, 15) is 19.2 Å². The predicted molar refractivity (Wildman–Crippen MR) is 108 cm³/mol. The maximum atomic E-state index is 12.6. The number of imide groups is 2. The van der Waals surface area contributed by atoms with Gasteiger partial charge < -0.3 is 5.32 Å². The van der Waals surface area contributed by atoms with Gasteiger partial charge >= 0.3 is 17.8 Å². The van der Waals surface area contributed by atoms with Crippen LogP contribution in [0, 0.1) is 5.92 Å². The van der Waals surface area contributed by atoms with Crippen molar-refractivity contribution < 1.29 is 19.2 Å². The number of rotatable bonds is 7. The van der Waals surface area contributed by atoms with E-state index >= 15 is 0 Å². The molecule has 156 valence electrons. The molecular formula is C22H29N3O4.